The van der Waals surface area contributed by atoms with Crippen molar-refractivity contribution in [3.8, 4) is 0 Å². The first-order chi connectivity index (χ1) is 11.4. The molecule has 2 aromatic heterocycles. The summed E-state index contributed by atoms with van der Waals surface area (Å²) in [4.78, 5) is 3.31. The van der Waals surface area contributed by atoms with Crippen LogP contribution in [0, 0.1) is 0 Å². The summed E-state index contributed by atoms with van der Waals surface area (Å²) in [5.74, 6) is 0. The minimum atomic E-state index is 0.786. The molecule has 0 aliphatic heterocycles. The minimum Gasteiger partial charge on any atom is -0.381 e. The number of anilines is 1. The van der Waals surface area contributed by atoms with Crippen LogP contribution in [0.5, 0.6) is 0 Å². The van der Waals surface area contributed by atoms with Crippen molar-refractivity contribution in [2.45, 2.75) is 13.1 Å². The Morgan fingerprint density at radius 3 is 2.91 bits per heavy atom. The largest absolute Gasteiger partial charge is 0.381 e. The van der Waals surface area contributed by atoms with Gasteiger partial charge in [-0.25, -0.2) is 0 Å². The van der Waals surface area contributed by atoms with Crippen molar-refractivity contribution >= 4 is 16.6 Å². The van der Waals surface area contributed by atoms with Gasteiger partial charge in [0, 0.05) is 30.8 Å². The highest BCUT2D eigenvalue weighted by Gasteiger charge is 2.02. The van der Waals surface area contributed by atoms with Gasteiger partial charge in [0.05, 0.1) is 12.1 Å². The second-order valence-electron chi connectivity index (χ2n) is 5.62. The first-order valence-corrected chi connectivity index (χ1v) is 7.74. The number of hydrogen-bond acceptors (Lipinski definition) is 2. The molecule has 0 aliphatic carbocycles. The molecule has 0 bridgehead atoms. The van der Waals surface area contributed by atoms with Crippen molar-refractivity contribution in [1.29, 1.82) is 0 Å². The fraction of sp³-hybridized carbons (Fsp3) is 0.105. The van der Waals surface area contributed by atoms with E-state index in [-0.39, 0.29) is 0 Å². The van der Waals surface area contributed by atoms with Gasteiger partial charge < -0.3 is 10.3 Å². The van der Waals surface area contributed by atoms with E-state index >= 15 is 0 Å². The third-order valence-electron chi connectivity index (χ3n) is 3.99. The number of nitrogens with zero attached hydrogens (tertiary/aromatic N) is 2. The van der Waals surface area contributed by atoms with Crippen LogP contribution in [-0.4, -0.2) is 14.8 Å². The predicted molar refractivity (Wildman–Crippen MR) is 93.4 cm³/mol. The summed E-state index contributed by atoms with van der Waals surface area (Å²) in [5, 5.41) is 9.02. The van der Waals surface area contributed by atoms with E-state index in [4.69, 9.17) is 0 Å². The maximum Gasteiger partial charge on any atom is 0.0660 e. The van der Waals surface area contributed by atoms with E-state index in [1.807, 2.05) is 23.1 Å². The fourth-order valence-corrected chi connectivity index (χ4v) is 2.85. The molecule has 23 heavy (non-hydrogen) atoms. The summed E-state index contributed by atoms with van der Waals surface area (Å²) in [7, 11) is 0. The summed E-state index contributed by atoms with van der Waals surface area (Å²) in [6, 6.07) is 18.9. The van der Waals surface area contributed by atoms with Crippen LogP contribution in [0.1, 0.15) is 11.1 Å². The molecule has 2 aromatic carbocycles. The molecular formula is C19H18N4. The molecule has 0 radical (unpaired) electrons. The Bertz CT molecular complexity index is 906. The number of nitrogens with one attached hydrogen (secondary N) is 2. The summed E-state index contributed by atoms with van der Waals surface area (Å²) < 4.78 is 1.93. The zero-order chi connectivity index (χ0) is 15.5. The second-order valence-corrected chi connectivity index (χ2v) is 5.62. The molecule has 0 aliphatic rings. The maximum absolute atomic E-state index is 4.26. The molecule has 114 valence electrons. The van der Waals surface area contributed by atoms with E-state index in [9.17, 15) is 0 Å². The smallest absolute Gasteiger partial charge is 0.0660 e. The van der Waals surface area contributed by atoms with Crippen LogP contribution in [-0.2, 0) is 13.1 Å². The average Bonchev–Trinajstić information content (AvgIpc) is 3.24. The molecule has 2 N–H and O–H groups in total. The van der Waals surface area contributed by atoms with Crippen LogP contribution in [0.3, 0.4) is 0 Å². The van der Waals surface area contributed by atoms with Gasteiger partial charge in [-0.2, -0.15) is 5.10 Å². The highest BCUT2D eigenvalue weighted by atomic mass is 15.3. The fourth-order valence-electron chi connectivity index (χ4n) is 2.85. The number of fused-ring (bicyclic) bond motifs is 1. The molecule has 4 rings (SSSR count). The summed E-state index contributed by atoms with van der Waals surface area (Å²) in [6.45, 7) is 1.58. The Labute approximate surface area is 134 Å². The number of aromatic amines is 1. The number of H-pyrrole nitrogens is 1. The molecule has 0 unspecified atom stereocenters. The van der Waals surface area contributed by atoms with Crippen LogP contribution < -0.4 is 5.32 Å². The highest BCUT2D eigenvalue weighted by Crippen LogP contribution is 2.19. The van der Waals surface area contributed by atoms with Gasteiger partial charge in [-0.05, 0) is 40.8 Å². The quantitative estimate of drug-likeness (QED) is 0.585. The van der Waals surface area contributed by atoms with E-state index in [1.165, 1.54) is 22.0 Å². The summed E-state index contributed by atoms with van der Waals surface area (Å²) in [6.07, 6.45) is 5.77. The third-order valence-corrected chi connectivity index (χ3v) is 3.99. The number of aromatic nitrogens is 3. The topological polar surface area (TPSA) is 45.6 Å². The van der Waals surface area contributed by atoms with Crippen molar-refractivity contribution in [3.05, 3.63) is 84.3 Å². The van der Waals surface area contributed by atoms with Crippen LogP contribution in [0.15, 0.2) is 73.2 Å². The van der Waals surface area contributed by atoms with Gasteiger partial charge in [-0.15, -0.1) is 0 Å². The van der Waals surface area contributed by atoms with Gasteiger partial charge in [-0.3, -0.25) is 4.68 Å². The van der Waals surface area contributed by atoms with E-state index in [2.05, 4.69) is 63.9 Å². The standard InChI is InChI=1S/C19H18N4/c1-4-15(14-23-11-3-9-22-23)12-18(7-1)21-13-17-6-2-5-16-8-10-20-19(16)17/h1-12,20-21H,13-14H2. The Hall–Kier alpha value is -3.01. The normalized spacial score (nSPS) is 11.0. The minimum absolute atomic E-state index is 0.786. The van der Waals surface area contributed by atoms with Gasteiger partial charge >= 0.3 is 0 Å². The number of benzene rings is 2. The van der Waals surface area contributed by atoms with Crippen molar-refractivity contribution in [2.24, 2.45) is 0 Å². The Balaban J connectivity index is 1.49. The maximum atomic E-state index is 4.26. The number of rotatable bonds is 5. The predicted octanol–water partition coefficient (Wildman–Crippen LogP) is 4.02. The Morgan fingerprint density at radius 2 is 2.00 bits per heavy atom. The molecule has 0 amide bonds. The lowest BCUT2D eigenvalue weighted by atomic mass is 10.1. The van der Waals surface area contributed by atoms with E-state index in [0.29, 0.717) is 0 Å². The molecule has 4 aromatic rings. The zero-order valence-corrected chi connectivity index (χ0v) is 12.7. The van der Waals surface area contributed by atoms with Crippen LogP contribution >= 0.6 is 0 Å². The zero-order valence-electron chi connectivity index (χ0n) is 12.7. The molecule has 4 nitrogen and oxygen atoms in total. The number of para-hydroxylation sites is 1. The molecule has 0 saturated heterocycles. The van der Waals surface area contributed by atoms with Gasteiger partial charge in [0.1, 0.15) is 0 Å². The average molecular weight is 302 g/mol. The lowest BCUT2D eigenvalue weighted by molar-refractivity contribution is 0.687. The molecule has 4 heteroatoms. The number of hydrogen-bond donors (Lipinski definition) is 2. The van der Waals surface area contributed by atoms with Crippen LogP contribution in [0.2, 0.25) is 0 Å². The van der Waals surface area contributed by atoms with Crippen LogP contribution in [0.25, 0.3) is 10.9 Å². The molecule has 0 spiro atoms. The van der Waals surface area contributed by atoms with E-state index in [0.717, 1.165) is 18.8 Å². The van der Waals surface area contributed by atoms with Crippen molar-refractivity contribution < 1.29 is 0 Å². The molecule has 0 saturated carbocycles. The van der Waals surface area contributed by atoms with Gasteiger partial charge in [-0.1, -0.05) is 30.3 Å². The molecular weight excluding hydrogens is 284 g/mol. The first-order valence-electron chi connectivity index (χ1n) is 7.74. The highest BCUT2D eigenvalue weighted by molar-refractivity contribution is 5.82. The van der Waals surface area contributed by atoms with E-state index < -0.39 is 0 Å². The van der Waals surface area contributed by atoms with Crippen molar-refractivity contribution in [2.75, 3.05) is 5.32 Å². The van der Waals surface area contributed by atoms with E-state index in [1.54, 1.807) is 6.20 Å². The Morgan fingerprint density at radius 1 is 1.04 bits per heavy atom. The monoisotopic (exact) mass is 302 g/mol. The first kappa shape index (κ1) is 13.6. The SMILES string of the molecule is c1cc(Cn2cccn2)cc(NCc2cccc3cc[nH]c23)c1. The van der Waals surface area contributed by atoms with Gasteiger partial charge in [0.25, 0.3) is 0 Å². The second kappa shape index (κ2) is 6.01. The lowest BCUT2D eigenvalue weighted by Gasteiger charge is -2.10. The molecule has 2 heterocycles. The summed E-state index contributed by atoms with van der Waals surface area (Å²) in [5.41, 5.74) is 4.83. The lowest BCUT2D eigenvalue weighted by Crippen LogP contribution is -2.03. The van der Waals surface area contributed by atoms with Crippen LogP contribution in [0.4, 0.5) is 5.69 Å². The third kappa shape index (κ3) is 2.97. The van der Waals surface area contributed by atoms with Gasteiger partial charge in [0.15, 0.2) is 0 Å². The van der Waals surface area contributed by atoms with Crippen molar-refractivity contribution in [1.82, 2.24) is 14.8 Å². The molecule has 0 atom stereocenters. The Kier molecular flexibility index (Phi) is 3.56. The van der Waals surface area contributed by atoms with Gasteiger partial charge in [0.2, 0.25) is 0 Å². The van der Waals surface area contributed by atoms with Crippen molar-refractivity contribution in [3.63, 3.8) is 0 Å². The summed E-state index contributed by atoms with van der Waals surface area (Å²) >= 11 is 0. The molecule has 0 fully saturated rings.